The summed E-state index contributed by atoms with van der Waals surface area (Å²) in [4.78, 5) is 38.6. The zero-order valence-electron chi connectivity index (χ0n) is 22.1. The number of aliphatic hydroxyl groups excluding tert-OH is 3. The number of benzene rings is 1. The quantitative estimate of drug-likeness (QED) is 0.0531. The van der Waals surface area contributed by atoms with Crippen molar-refractivity contribution in [1.29, 1.82) is 0 Å². The fourth-order valence-corrected chi connectivity index (χ4v) is 4.44. The molecule has 1 saturated heterocycles. The van der Waals surface area contributed by atoms with Crippen molar-refractivity contribution in [2.75, 3.05) is 18.0 Å². The normalized spacial score (nSPS) is 23.3. The Balaban J connectivity index is 1.39. The zero-order chi connectivity index (χ0) is 29.8. The molecule has 41 heavy (non-hydrogen) atoms. The first-order chi connectivity index (χ1) is 19.6. The number of hydrogen-bond acceptors (Lipinski definition) is 11. The number of aliphatic hydroxyl groups is 3. The average Bonchev–Trinajstić information content (AvgIpc) is 2.95. The molecule has 1 fully saturated rings. The number of pyridine rings is 1. The molecule has 1 aromatic heterocycles. The van der Waals surface area contributed by atoms with E-state index in [0.717, 1.165) is 6.42 Å². The highest BCUT2D eigenvalue weighted by Crippen LogP contribution is 2.37. The first kappa shape index (κ1) is 32.1. The summed E-state index contributed by atoms with van der Waals surface area (Å²) in [7, 11) is -4.36. The summed E-state index contributed by atoms with van der Waals surface area (Å²) in [5, 5.41) is 39.6. The number of rotatable bonds is 13. The SMILES string of the molecule is N/N=C(\C=Nc1cccnc1)CCCCNC(=O)Nc1ccc(O[C@@H]2O[C@H](CCP(=O)(O)O)[C@@H](O)[C@H](O)[C@@H]2O)cc1. The molecule has 0 aliphatic carbocycles. The number of hydrogen-bond donors (Lipinski definition) is 8. The molecule has 0 saturated carbocycles. The second kappa shape index (κ2) is 15.5. The van der Waals surface area contributed by atoms with Crippen molar-refractivity contribution in [3.05, 3.63) is 48.8 Å². The number of ether oxygens (including phenoxy) is 2. The van der Waals surface area contributed by atoms with Gasteiger partial charge in [0.1, 0.15) is 24.1 Å². The van der Waals surface area contributed by atoms with Crippen LogP contribution >= 0.6 is 7.60 Å². The molecule has 1 aliphatic rings. The van der Waals surface area contributed by atoms with Gasteiger partial charge in [-0.2, -0.15) is 5.10 Å². The van der Waals surface area contributed by atoms with E-state index in [-0.39, 0.29) is 12.2 Å². The minimum atomic E-state index is -4.36. The number of amides is 2. The lowest BCUT2D eigenvalue weighted by Crippen LogP contribution is -2.59. The highest BCUT2D eigenvalue weighted by Gasteiger charge is 2.45. The number of nitrogens with zero attached hydrogens (tertiary/aromatic N) is 3. The van der Waals surface area contributed by atoms with Crippen LogP contribution in [0.4, 0.5) is 16.2 Å². The number of hydrazone groups is 1. The molecule has 0 bridgehead atoms. The van der Waals surface area contributed by atoms with Gasteiger partial charge in [-0.05, 0) is 62.1 Å². The van der Waals surface area contributed by atoms with Gasteiger partial charge in [0.2, 0.25) is 6.29 Å². The Kier molecular flexibility index (Phi) is 12.2. The van der Waals surface area contributed by atoms with Crippen molar-refractivity contribution >= 4 is 36.9 Å². The first-order valence-corrected chi connectivity index (χ1v) is 14.6. The Hall–Kier alpha value is -3.43. The fraction of sp³-hybridized carbons (Fsp3) is 0.440. The number of carbonyl (C=O) groups is 1. The molecule has 1 aromatic carbocycles. The van der Waals surface area contributed by atoms with Gasteiger partial charge in [-0.15, -0.1) is 0 Å². The van der Waals surface area contributed by atoms with E-state index in [1.54, 1.807) is 36.8 Å². The van der Waals surface area contributed by atoms with Gasteiger partial charge < -0.3 is 51.1 Å². The van der Waals surface area contributed by atoms with E-state index in [2.05, 4.69) is 25.7 Å². The molecule has 2 heterocycles. The van der Waals surface area contributed by atoms with Crippen molar-refractivity contribution in [3.8, 4) is 5.75 Å². The average molecular weight is 595 g/mol. The third kappa shape index (κ3) is 10.8. The number of aliphatic imine (C=N–C) groups is 1. The lowest BCUT2D eigenvalue weighted by atomic mass is 9.97. The summed E-state index contributed by atoms with van der Waals surface area (Å²) in [6.45, 7) is 0.416. The molecule has 1 aliphatic heterocycles. The van der Waals surface area contributed by atoms with Crippen LogP contribution in [0.1, 0.15) is 25.7 Å². The maximum atomic E-state index is 12.2. The Labute approximate surface area is 236 Å². The van der Waals surface area contributed by atoms with Crippen LogP contribution in [0.5, 0.6) is 5.75 Å². The Morgan fingerprint density at radius 2 is 1.88 bits per heavy atom. The van der Waals surface area contributed by atoms with Crippen molar-refractivity contribution in [2.24, 2.45) is 15.9 Å². The molecular weight excluding hydrogens is 559 g/mol. The molecule has 9 N–H and O–H groups in total. The largest absolute Gasteiger partial charge is 0.462 e. The van der Waals surface area contributed by atoms with Crippen LogP contribution in [-0.4, -0.2) is 91.5 Å². The lowest BCUT2D eigenvalue weighted by Gasteiger charge is -2.40. The standard InChI is InChI=1S/C25H35N6O9P/c26-31-18(15-29-17-5-3-11-27-14-17)4-1-2-12-28-25(35)30-16-6-8-19(9-7-16)39-24-23(34)22(33)21(32)20(40-24)10-13-41(36,37)38/h3,5-9,11,14-15,20-24,32-34H,1-2,4,10,12-13,26H2,(H2,28,30,35)(H2,36,37,38)/b29-15?,31-18-/t20-,21-,22+,23+,24-/m1/s1. The smallest absolute Gasteiger partial charge is 0.325 e. The molecule has 5 atom stereocenters. The predicted molar refractivity (Wildman–Crippen MR) is 150 cm³/mol. The van der Waals surface area contributed by atoms with Crippen molar-refractivity contribution in [3.63, 3.8) is 0 Å². The summed E-state index contributed by atoms with van der Waals surface area (Å²) >= 11 is 0. The summed E-state index contributed by atoms with van der Waals surface area (Å²) in [6.07, 6.45) is -1.34. The molecular formula is C25H35N6O9P. The van der Waals surface area contributed by atoms with Crippen LogP contribution in [0.15, 0.2) is 58.9 Å². The molecule has 16 heteroatoms. The van der Waals surface area contributed by atoms with Crippen LogP contribution in [-0.2, 0) is 9.30 Å². The molecule has 15 nitrogen and oxygen atoms in total. The van der Waals surface area contributed by atoms with Gasteiger partial charge in [0, 0.05) is 18.4 Å². The van der Waals surface area contributed by atoms with Gasteiger partial charge in [-0.3, -0.25) is 14.5 Å². The minimum absolute atomic E-state index is 0.224. The second-order valence-corrected chi connectivity index (χ2v) is 11.0. The van der Waals surface area contributed by atoms with E-state index < -0.39 is 50.5 Å². The molecule has 224 valence electrons. The van der Waals surface area contributed by atoms with E-state index in [4.69, 9.17) is 25.1 Å². The number of aromatic nitrogens is 1. The monoisotopic (exact) mass is 594 g/mol. The van der Waals surface area contributed by atoms with Gasteiger partial charge in [0.05, 0.1) is 36.1 Å². The van der Waals surface area contributed by atoms with E-state index >= 15 is 0 Å². The van der Waals surface area contributed by atoms with Crippen LogP contribution in [0, 0.1) is 0 Å². The molecule has 3 rings (SSSR count). The van der Waals surface area contributed by atoms with Crippen molar-refractivity contribution in [1.82, 2.24) is 10.3 Å². The first-order valence-electron chi connectivity index (χ1n) is 12.8. The zero-order valence-corrected chi connectivity index (χ0v) is 23.0. The Morgan fingerprint density at radius 1 is 1.12 bits per heavy atom. The number of urea groups is 1. The maximum Gasteiger partial charge on any atom is 0.325 e. The van der Waals surface area contributed by atoms with Crippen LogP contribution in [0.25, 0.3) is 0 Å². The van der Waals surface area contributed by atoms with Gasteiger partial charge in [0.25, 0.3) is 0 Å². The fourth-order valence-electron chi connectivity index (χ4n) is 3.85. The van der Waals surface area contributed by atoms with Gasteiger partial charge in [0.15, 0.2) is 0 Å². The van der Waals surface area contributed by atoms with E-state index in [1.807, 2.05) is 6.07 Å². The third-order valence-corrected chi connectivity index (χ3v) is 6.90. The summed E-state index contributed by atoms with van der Waals surface area (Å²) in [5.74, 6) is 5.65. The highest BCUT2D eigenvalue weighted by molar-refractivity contribution is 7.51. The van der Waals surface area contributed by atoms with E-state index in [9.17, 15) is 24.7 Å². The summed E-state index contributed by atoms with van der Waals surface area (Å²) < 4.78 is 22.2. The lowest BCUT2D eigenvalue weighted by molar-refractivity contribution is -0.272. The summed E-state index contributed by atoms with van der Waals surface area (Å²) in [5.41, 5.74) is 1.77. The second-order valence-electron chi connectivity index (χ2n) is 9.26. The Bertz CT molecular complexity index is 1210. The molecule has 2 aromatic rings. The van der Waals surface area contributed by atoms with Crippen molar-refractivity contribution in [2.45, 2.75) is 56.4 Å². The number of carbonyl (C=O) groups excluding carboxylic acids is 1. The number of unbranched alkanes of at least 4 members (excludes halogenated alkanes) is 1. The third-order valence-electron chi connectivity index (χ3n) is 6.06. The molecule has 0 spiro atoms. The number of nitrogens with one attached hydrogen (secondary N) is 2. The van der Waals surface area contributed by atoms with Gasteiger partial charge >= 0.3 is 13.6 Å². The van der Waals surface area contributed by atoms with Gasteiger partial charge in [-0.1, -0.05) is 0 Å². The molecule has 0 unspecified atom stereocenters. The molecule has 2 amide bonds. The molecule has 0 radical (unpaired) electrons. The maximum absolute atomic E-state index is 12.2. The summed E-state index contributed by atoms with van der Waals surface area (Å²) in [6, 6.07) is 9.25. The minimum Gasteiger partial charge on any atom is -0.462 e. The van der Waals surface area contributed by atoms with E-state index in [0.29, 0.717) is 36.5 Å². The number of nitrogens with two attached hydrogens (primary N) is 1. The van der Waals surface area contributed by atoms with Gasteiger partial charge in [-0.25, -0.2) is 4.79 Å². The van der Waals surface area contributed by atoms with E-state index in [1.165, 1.54) is 12.1 Å². The highest BCUT2D eigenvalue weighted by atomic mass is 31.2. The van der Waals surface area contributed by atoms with Crippen molar-refractivity contribution < 1.29 is 43.9 Å². The topological polar surface area (TPSA) is 241 Å². The predicted octanol–water partition coefficient (Wildman–Crippen LogP) is 0.845. The van der Waals surface area contributed by atoms with Crippen LogP contribution < -0.4 is 21.2 Å². The van der Waals surface area contributed by atoms with Crippen LogP contribution in [0.3, 0.4) is 0 Å². The van der Waals surface area contributed by atoms with Crippen LogP contribution in [0.2, 0.25) is 0 Å². The number of anilines is 1. The Morgan fingerprint density at radius 3 is 2.54 bits per heavy atom.